The normalized spacial score (nSPS) is 11.3. The zero-order chi connectivity index (χ0) is 22.4. The van der Waals surface area contributed by atoms with Gasteiger partial charge in [0, 0.05) is 46.9 Å². The topological polar surface area (TPSA) is 42.3 Å². The molecule has 0 bridgehead atoms. The van der Waals surface area contributed by atoms with E-state index in [0.29, 0.717) is 5.56 Å². The number of ketones is 1. The second kappa shape index (κ2) is 10.1. The number of carbonyl (C=O) groups excluding carboxylic acids is 2. The molecule has 0 saturated heterocycles. The summed E-state index contributed by atoms with van der Waals surface area (Å²) in [5.41, 5.74) is 4.00. The van der Waals surface area contributed by atoms with Crippen LogP contribution >= 0.6 is 0 Å². The molecule has 4 heteroatoms. The van der Waals surface area contributed by atoms with Gasteiger partial charge in [-0.05, 0) is 39.8 Å². The van der Waals surface area contributed by atoms with Crippen LogP contribution in [0.25, 0.3) is 17.0 Å². The molecule has 31 heavy (non-hydrogen) atoms. The van der Waals surface area contributed by atoms with Gasteiger partial charge >= 0.3 is 0 Å². The van der Waals surface area contributed by atoms with Crippen LogP contribution in [0.5, 0.6) is 0 Å². The van der Waals surface area contributed by atoms with Crippen molar-refractivity contribution in [1.82, 2.24) is 9.47 Å². The number of rotatable bonds is 8. The predicted molar refractivity (Wildman–Crippen MR) is 128 cm³/mol. The number of amides is 1. The third-order valence-electron chi connectivity index (χ3n) is 5.24. The average molecular weight is 415 g/mol. The van der Waals surface area contributed by atoms with Crippen LogP contribution in [0, 0.1) is 0 Å². The number of fused-ring (bicyclic) bond motifs is 1. The van der Waals surface area contributed by atoms with Crippen LogP contribution in [-0.4, -0.2) is 33.7 Å². The number of para-hydroxylation sites is 1. The fourth-order valence-electron chi connectivity index (χ4n) is 3.48. The van der Waals surface area contributed by atoms with E-state index in [9.17, 15) is 9.59 Å². The van der Waals surface area contributed by atoms with Gasteiger partial charge in [0.1, 0.15) is 0 Å². The fourth-order valence-corrected chi connectivity index (χ4v) is 3.48. The van der Waals surface area contributed by atoms with Crippen LogP contribution in [-0.2, 0) is 11.3 Å². The van der Waals surface area contributed by atoms with E-state index in [1.807, 2.05) is 50.3 Å². The summed E-state index contributed by atoms with van der Waals surface area (Å²) in [5.74, 6) is -0.227. The first-order valence-corrected chi connectivity index (χ1v) is 10.6. The Kier molecular flexibility index (Phi) is 7.24. The molecular weight excluding hydrogens is 384 g/mol. The molecule has 0 aliphatic carbocycles. The molecule has 0 N–H and O–H groups in total. The summed E-state index contributed by atoms with van der Waals surface area (Å²) in [6.45, 7) is 8.87. The summed E-state index contributed by atoms with van der Waals surface area (Å²) in [4.78, 5) is 27.2. The Hall–Kier alpha value is -3.40. The lowest BCUT2D eigenvalue weighted by Crippen LogP contribution is -2.39. The van der Waals surface area contributed by atoms with Crippen molar-refractivity contribution in [2.45, 2.75) is 40.3 Å². The maximum Gasteiger partial charge on any atom is 0.247 e. The fraction of sp³-hybridized carbons (Fsp3) is 0.259. The van der Waals surface area contributed by atoms with Gasteiger partial charge in [-0.3, -0.25) is 9.59 Å². The van der Waals surface area contributed by atoms with Gasteiger partial charge in [0.2, 0.25) is 5.91 Å². The van der Waals surface area contributed by atoms with E-state index in [0.717, 1.165) is 23.0 Å². The molecule has 4 nitrogen and oxygen atoms in total. The molecule has 160 valence electrons. The first kappa shape index (κ1) is 22.3. The van der Waals surface area contributed by atoms with E-state index in [-0.39, 0.29) is 24.3 Å². The van der Waals surface area contributed by atoms with E-state index < -0.39 is 0 Å². The summed E-state index contributed by atoms with van der Waals surface area (Å²) in [5, 5.41) is 1.10. The van der Waals surface area contributed by atoms with Gasteiger partial charge in [0.15, 0.2) is 5.78 Å². The summed E-state index contributed by atoms with van der Waals surface area (Å²) < 4.78 is 2.19. The Morgan fingerprint density at radius 2 is 1.68 bits per heavy atom. The van der Waals surface area contributed by atoms with Crippen molar-refractivity contribution in [3.8, 4) is 0 Å². The minimum atomic E-state index is -0.166. The molecule has 0 aliphatic heterocycles. The number of Topliss-reactive ketones (excluding diaryl/α,β-unsaturated/α-hetero) is 1. The van der Waals surface area contributed by atoms with Crippen molar-refractivity contribution in [2.75, 3.05) is 6.54 Å². The molecule has 0 unspecified atom stereocenters. The van der Waals surface area contributed by atoms with Gasteiger partial charge in [-0.15, -0.1) is 0 Å². The molecule has 0 fully saturated rings. The van der Waals surface area contributed by atoms with Crippen LogP contribution in [0.2, 0.25) is 0 Å². The zero-order valence-electron chi connectivity index (χ0n) is 18.7. The molecule has 1 heterocycles. The number of aromatic nitrogens is 1. The third-order valence-corrected chi connectivity index (χ3v) is 5.24. The predicted octanol–water partition coefficient (Wildman–Crippen LogP) is 5.74. The van der Waals surface area contributed by atoms with Crippen molar-refractivity contribution < 1.29 is 9.59 Å². The lowest BCUT2D eigenvalue weighted by molar-refractivity contribution is -0.127. The van der Waals surface area contributed by atoms with Crippen LogP contribution < -0.4 is 0 Å². The SMILES string of the molecule is CC(C)=CCn1cc(/C=C/C(=O)N(CC(=O)c2ccccc2)C(C)C)c2ccccc21. The highest BCUT2D eigenvalue weighted by Crippen LogP contribution is 2.23. The van der Waals surface area contributed by atoms with Gasteiger partial charge in [-0.2, -0.15) is 0 Å². The monoisotopic (exact) mass is 414 g/mol. The number of carbonyl (C=O) groups is 2. The van der Waals surface area contributed by atoms with Gasteiger partial charge in [0.05, 0.1) is 6.54 Å². The van der Waals surface area contributed by atoms with Crippen molar-refractivity contribution >= 4 is 28.7 Å². The zero-order valence-corrected chi connectivity index (χ0v) is 18.7. The van der Waals surface area contributed by atoms with Crippen molar-refractivity contribution in [3.05, 3.63) is 89.6 Å². The molecule has 3 rings (SSSR count). The van der Waals surface area contributed by atoms with E-state index in [2.05, 4.69) is 42.8 Å². The standard InChI is InChI=1S/C27H30N2O2/c1-20(2)16-17-28-18-23(24-12-8-9-13-25(24)28)14-15-27(31)29(21(3)4)19-26(30)22-10-6-5-7-11-22/h5-16,18,21H,17,19H2,1-4H3/b15-14+. The highest BCUT2D eigenvalue weighted by atomic mass is 16.2. The largest absolute Gasteiger partial charge is 0.343 e. The average Bonchev–Trinajstić information content (AvgIpc) is 3.12. The van der Waals surface area contributed by atoms with E-state index in [1.54, 1.807) is 23.1 Å². The molecule has 0 saturated carbocycles. The second-order valence-corrected chi connectivity index (χ2v) is 8.22. The van der Waals surface area contributed by atoms with Gasteiger partial charge in [-0.25, -0.2) is 0 Å². The number of allylic oxidation sites excluding steroid dienone is 2. The minimum Gasteiger partial charge on any atom is -0.343 e. The molecule has 1 aromatic heterocycles. The van der Waals surface area contributed by atoms with Gasteiger partial charge < -0.3 is 9.47 Å². The highest BCUT2D eigenvalue weighted by Gasteiger charge is 2.19. The summed E-state index contributed by atoms with van der Waals surface area (Å²) in [6, 6.07) is 17.2. The molecule has 3 aromatic rings. The van der Waals surface area contributed by atoms with E-state index in [4.69, 9.17) is 0 Å². The summed E-state index contributed by atoms with van der Waals surface area (Å²) in [7, 11) is 0. The molecule has 1 amide bonds. The first-order chi connectivity index (χ1) is 14.9. The molecule has 2 aromatic carbocycles. The van der Waals surface area contributed by atoms with Crippen LogP contribution in [0.15, 0.2) is 78.5 Å². The maximum absolute atomic E-state index is 13.0. The summed E-state index contributed by atoms with van der Waals surface area (Å²) in [6.07, 6.45) is 7.68. The third kappa shape index (κ3) is 5.60. The Morgan fingerprint density at radius 1 is 1.00 bits per heavy atom. The van der Waals surface area contributed by atoms with Gasteiger partial charge in [0.25, 0.3) is 0 Å². The summed E-state index contributed by atoms with van der Waals surface area (Å²) >= 11 is 0. The number of benzene rings is 2. The molecule has 0 radical (unpaired) electrons. The number of hydrogen-bond acceptors (Lipinski definition) is 2. The Labute approximate surface area is 184 Å². The Bertz CT molecular complexity index is 1120. The number of nitrogens with zero attached hydrogens (tertiary/aromatic N) is 2. The van der Waals surface area contributed by atoms with E-state index in [1.165, 1.54) is 5.57 Å². The number of hydrogen-bond donors (Lipinski definition) is 0. The highest BCUT2D eigenvalue weighted by molar-refractivity contribution is 6.02. The molecule has 0 aliphatic rings. The maximum atomic E-state index is 13.0. The van der Waals surface area contributed by atoms with Crippen LogP contribution in [0.1, 0.15) is 43.6 Å². The lowest BCUT2D eigenvalue weighted by atomic mass is 10.1. The van der Waals surface area contributed by atoms with Gasteiger partial charge in [-0.1, -0.05) is 60.2 Å². The molecule has 0 spiro atoms. The molecule has 0 atom stereocenters. The Balaban J connectivity index is 1.82. The smallest absolute Gasteiger partial charge is 0.247 e. The van der Waals surface area contributed by atoms with Crippen molar-refractivity contribution in [2.24, 2.45) is 0 Å². The minimum absolute atomic E-state index is 0.0608. The first-order valence-electron chi connectivity index (χ1n) is 10.6. The van der Waals surface area contributed by atoms with Crippen molar-refractivity contribution in [1.29, 1.82) is 0 Å². The lowest BCUT2D eigenvalue weighted by Gasteiger charge is -2.24. The van der Waals surface area contributed by atoms with Crippen LogP contribution in [0.3, 0.4) is 0 Å². The second-order valence-electron chi connectivity index (χ2n) is 8.22. The van der Waals surface area contributed by atoms with E-state index >= 15 is 0 Å². The molecular formula is C27H30N2O2. The Morgan fingerprint density at radius 3 is 2.35 bits per heavy atom. The van der Waals surface area contributed by atoms with Crippen molar-refractivity contribution in [3.63, 3.8) is 0 Å². The quantitative estimate of drug-likeness (QED) is 0.268. The van der Waals surface area contributed by atoms with Crippen LogP contribution in [0.4, 0.5) is 0 Å².